The summed E-state index contributed by atoms with van der Waals surface area (Å²) >= 11 is 4.94. The fraction of sp³-hybridized carbons (Fsp3) is 0.500. The van der Waals surface area contributed by atoms with Crippen molar-refractivity contribution in [3.8, 4) is 0 Å². The molecule has 3 N–H and O–H groups in total. The minimum atomic E-state index is -0.264. The smallest absolute Gasteiger partial charge is 0.239 e. The second-order valence-electron chi connectivity index (χ2n) is 4.87. The van der Waals surface area contributed by atoms with Crippen molar-refractivity contribution < 1.29 is 9.53 Å². The van der Waals surface area contributed by atoms with E-state index in [0.29, 0.717) is 38.5 Å². The van der Waals surface area contributed by atoms with Crippen LogP contribution in [0.3, 0.4) is 0 Å². The van der Waals surface area contributed by atoms with Crippen LogP contribution in [0.1, 0.15) is 18.2 Å². The van der Waals surface area contributed by atoms with Crippen LogP contribution in [0.2, 0.25) is 0 Å². The van der Waals surface area contributed by atoms with Crippen molar-refractivity contribution in [2.24, 2.45) is 5.73 Å². The number of carbonyl (C=O) groups is 1. The van der Waals surface area contributed by atoms with E-state index < -0.39 is 0 Å². The second kappa shape index (κ2) is 7.44. The van der Waals surface area contributed by atoms with Gasteiger partial charge in [0.05, 0.1) is 18.9 Å². The summed E-state index contributed by atoms with van der Waals surface area (Å²) in [5.74, 6) is 0.000764. The van der Waals surface area contributed by atoms with Crippen molar-refractivity contribution in [3.63, 3.8) is 0 Å². The SMILES string of the molecule is CCNC(=O)C1COCCN1Cc1ccnc(C(N)=S)c1. The zero-order chi connectivity index (χ0) is 15.2. The number of pyridine rings is 1. The Morgan fingerprint density at radius 2 is 2.48 bits per heavy atom. The number of aromatic nitrogens is 1. The molecule has 0 radical (unpaired) electrons. The number of rotatable bonds is 5. The highest BCUT2D eigenvalue weighted by molar-refractivity contribution is 7.80. The fourth-order valence-corrected chi connectivity index (χ4v) is 2.41. The predicted octanol–water partition coefficient (Wildman–Crippen LogP) is 0.0527. The fourth-order valence-electron chi connectivity index (χ4n) is 2.30. The van der Waals surface area contributed by atoms with Crippen LogP contribution in [0.15, 0.2) is 18.3 Å². The summed E-state index contributed by atoms with van der Waals surface area (Å²) in [5.41, 5.74) is 7.24. The molecule has 0 spiro atoms. The van der Waals surface area contributed by atoms with Crippen molar-refractivity contribution in [1.29, 1.82) is 0 Å². The van der Waals surface area contributed by atoms with Gasteiger partial charge in [0.2, 0.25) is 5.91 Å². The highest BCUT2D eigenvalue weighted by Crippen LogP contribution is 2.13. The first-order valence-electron chi connectivity index (χ1n) is 6.96. The molecule has 114 valence electrons. The van der Waals surface area contributed by atoms with Gasteiger partial charge in [0.25, 0.3) is 0 Å². The normalized spacial score (nSPS) is 19.2. The Bertz CT molecular complexity index is 523. The molecule has 2 heterocycles. The first-order valence-corrected chi connectivity index (χ1v) is 7.37. The van der Waals surface area contributed by atoms with Gasteiger partial charge in [-0.15, -0.1) is 0 Å². The van der Waals surface area contributed by atoms with Crippen LogP contribution in [0, 0.1) is 0 Å². The molecule has 7 heteroatoms. The summed E-state index contributed by atoms with van der Waals surface area (Å²) in [7, 11) is 0. The summed E-state index contributed by atoms with van der Waals surface area (Å²) in [5, 5.41) is 2.85. The van der Waals surface area contributed by atoms with Crippen LogP contribution in [0.4, 0.5) is 0 Å². The van der Waals surface area contributed by atoms with Crippen molar-refractivity contribution >= 4 is 23.1 Å². The Hall–Kier alpha value is -1.57. The van der Waals surface area contributed by atoms with E-state index in [4.69, 9.17) is 22.7 Å². The molecule has 0 aliphatic carbocycles. The number of nitrogens with one attached hydrogen (secondary N) is 1. The number of thiocarbonyl (C=S) groups is 1. The van der Waals surface area contributed by atoms with Gasteiger partial charge in [0.15, 0.2) is 0 Å². The number of carbonyl (C=O) groups excluding carboxylic acids is 1. The number of nitrogens with zero attached hydrogens (tertiary/aromatic N) is 2. The molecule has 6 nitrogen and oxygen atoms in total. The van der Waals surface area contributed by atoms with Crippen LogP contribution < -0.4 is 11.1 Å². The van der Waals surface area contributed by atoms with E-state index in [0.717, 1.165) is 5.56 Å². The monoisotopic (exact) mass is 308 g/mol. The highest BCUT2D eigenvalue weighted by atomic mass is 32.1. The lowest BCUT2D eigenvalue weighted by atomic mass is 10.1. The Morgan fingerprint density at radius 1 is 1.67 bits per heavy atom. The van der Waals surface area contributed by atoms with Gasteiger partial charge >= 0.3 is 0 Å². The largest absolute Gasteiger partial charge is 0.388 e. The van der Waals surface area contributed by atoms with Crippen molar-refractivity contribution in [2.75, 3.05) is 26.3 Å². The summed E-state index contributed by atoms with van der Waals surface area (Å²) in [6.45, 7) is 4.92. The van der Waals surface area contributed by atoms with Gasteiger partial charge in [-0.25, -0.2) is 0 Å². The first kappa shape index (κ1) is 15.8. The van der Waals surface area contributed by atoms with E-state index in [1.807, 2.05) is 19.1 Å². The number of ether oxygens (including phenoxy) is 1. The van der Waals surface area contributed by atoms with Gasteiger partial charge < -0.3 is 15.8 Å². The van der Waals surface area contributed by atoms with Crippen LogP contribution in [-0.4, -0.2) is 53.1 Å². The second-order valence-corrected chi connectivity index (χ2v) is 5.31. The number of amides is 1. The van der Waals surface area contributed by atoms with Gasteiger partial charge in [-0.1, -0.05) is 12.2 Å². The topological polar surface area (TPSA) is 80.5 Å². The van der Waals surface area contributed by atoms with Crippen LogP contribution in [-0.2, 0) is 16.1 Å². The number of likely N-dealkylation sites (N-methyl/N-ethyl adjacent to an activating group) is 1. The van der Waals surface area contributed by atoms with Crippen molar-refractivity contribution in [3.05, 3.63) is 29.6 Å². The minimum absolute atomic E-state index is 0.000764. The molecule has 1 amide bonds. The summed E-state index contributed by atoms with van der Waals surface area (Å²) in [6, 6.07) is 3.51. The quantitative estimate of drug-likeness (QED) is 0.748. The molecule has 1 saturated heterocycles. The number of hydrogen-bond acceptors (Lipinski definition) is 5. The van der Waals surface area contributed by atoms with E-state index in [9.17, 15) is 4.79 Å². The Kier molecular flexibility index (Phi) is 5.60. The van der Waals surface area contributed by atoms with Gasteiger partial charge in [0.1, 0.15) is 11.0 Å². The van der Waals surface area contributed by atoms with E-state index in [2.05, 4.69) is 15.2 Å². The van der Waals surface area contributed by atoms with Crippen LogP contribution >= 0.6 is 12.2 Å². The third-order valence-corrected chi connectivity index (χ3v) is 3.56. The highest BCUT2D eigenvalue weighted by Gasteiger charge is 2.29. The lowest BCUT2D eigenvalue weighted by molar-refractivity contribution is -0.132. The molecule has 2 rings (SSSR count). The molecule has 1 aliphatic rings. The molecule has 0 bridgehead atoms. The Balaban J connectivity index is 2.10. The zero-order valence-electron chi connectivity index (χ0n) is 12.0. The molecule has 1 fully saturated rings. The summed E-state index contributed by atoms with van der Waals surface area (Å²) in [6.07, 6.45) is 1.69. The van der Waals surface area contributed by atoms with E-state index in [1.54, 1.807) is 6.20 Å². The van der Waals surface area contributed by atoms with Crippen LogP contribution in [0.25, 0.3) is 0 Å². The molecular weight excluding hydrogens is 288 g/mol. The maximum Gasteiger partial charge on any atom is 0.239 e. The molecule has 21 heavy (non-hydrogen) atoms. The first-order chi connectivity index (χ1) is 10.1. The molecule has 1 aromatic rings. The van der Waals surface area contributed by atoms with Gasteiger partial charge in [-0.3, -0.25) is 14.7 Å². The molecule has 1 aliphatic heterocycles. The van der Waals surface area contributed by atoms with Crippen LogP contribution in [0.5, 0.6) is 0 Å². The number of hydrogen-bond donors (Lipinski definition) is 2. The lowest BCUT2D eigenvalue weighted by Crippen LogP contribution is -2.53. The zero-order valence-corrected chi connectivity index (χ0v) is 12.9. The molecule has 0 saturated carbocycles. The van der Waals surface area contributed by atoms with Crippen molar-refractivity contribution in [2.45, 2.75) is 19.5 Å². The maximum absolute atomic E-state index is 12.1. The summed E-state index contributed by atoms with van der Waals surface area (Å²) < 4.78 is 5.42. The third-order valence-electron chi connectivity index (χ3n) is 3.36. The molecule has 1 aromatic heterocycles. The minimum Gasteiger partial charge on any atom is -0.388 e. The van der Waals surface area contributed by atoms with E-state index >= 15 is 0 Å². The Morgan fingerprint density at radius 3 is 3.19 bits per heavy atom. The molecule has 0 aromatic carbocycles. The standard InChI is InChI=1S/C14H20N4O2S/c1-2-16-14(19)12-9-20-6-5-18(12)8-10-3-4-17-11(7-10)13(15)21/h3-4,7,12H,2,5-6,8-9H2,1H3,(H2,15,21)(H,16,19). The van der Waals surface area contributed by atoms with Gasteiger partial charge in [-0.2, -0.15) is 0 Å². The maximum atomic E-state index is 12.1. The predicted molar refractivity (Wildman–Crippen MR) is 83.8 cm³/mol. The third kappa shape index (κ3) is 4.20. The Labute approximate surface area is 129 Å². The molecule has 1 unspecified atom stereocenters. The molecular formula is C14H20N4O2S. The van der Waals surface area contributed by atoms with Gasteiger partial charge in [0, 0.05) is 25.8 Å². The van der Waals surface area contributed by atoms with Crippen molar-refractivity contribution in [1.82, 2.24) is 15.2 Å². The van der Waals surface area contributed by atoms with E-state index in [-0.39, 0.29) is 16.9 Å². The van der Waals surface area contributed by atoms with E-state index in [1.165, 1.54) is 0 Å². The average molecular weight is 308 g/mol. The van der Waals surface area contributed by atoms with Gasteiger partial charge in [-0.05, 0) is 24.6 Å². The summed E-state index contributed by atoms with van der Waals surface area (Å²) in [4.78, 5) is 18.6. The molecule has 1 atom stereocenters. The number of nitrogens with two attached hydrogens (primary N) is 1. The number of morpholine rings is 1. The lowest BCUT2D eigenvalue weighted by Gasteiger charge is -2.34. The average Bonchev–Trinajstić information content (AvgIpc) is 2.48.